The number of carbonyl (C=O) groups excluding carboxylic acids is 2. The molecule has 4 rings (SSSR count). The molecule has 4 aromatic carbocycles. The van der Waals surface area contributed by atoms with E-state index in [0.717, 1.165) is 4.31 Å². The lowest BCUT2D eigenvalue weighted by atomic mass is 10.1. The summed E-state index contributed by atoms with van der Waals surface area (Å²) in [5, 5.41) is 6.98. The molecule has 0 aliphatic heterocycles. The molecule has 0 aromatic heterocycles. The van der Waals surface area contributed by atoms with Crippen LogP contribution in [0.15, 0.2) is 119 Å². The van der Waals surface area contributed by atoms with Gasteiger partial charge in [-0.3, -0.25) is 13.9 Å². The zero-order valence-corrected chi connectivity index (χ0v) is 22.8. The van der Waals surface area contributed by atoms with Crippen molar-refractivity contribution >= 4 is 38.9 Å². The van der Waals surface area contributed by atoms with E-state index in [-0.39, 0.29) is 10.8 Å². The molecule has 0 saturated heterocycles. The van der Waals surface area contributed by atoms with Crippen LogP contribution in [0.2, 0.25) is 0 Å². The Labute approximate surface area is 233 Å². The summed E-state index contributed by atoms with van der Waals surface area (Å²) in [6.07, 6.45) is 0. The highest BCUT2D eigenvalue weighted by Crippen LogP contribution is 2.25. The maximum atomic E-state index is 13.4. The van der Waals surface area contributed by atoms with Gasteiger partial charge in [0, 0.05) is 11.3 Å². The number of carbonyl (C=O) groups is 2. The van der Waals surface area contributed by atoms with E-state index in [0.29, 0.717) is 34.0 Å². The lowest BCUT2D eigenvalue weighted by Crippen LogP contribution is -2.39. The van der Waals surface area contributed by atoms with Crippen LogP contribution in [0.3, 0.4) is 0 Å². The first-order chi connectivity index (χ1) is 19.3. The van der Waals surface area contributed by atoms with Crippen LogP contribution in [0.4, 0.5) is 11.4 Å². The number of benzene rings is 4. The number of rotatable bonds is 10. The van der Waals surface area contributed by atoms with Gasteiger partial charge in [-0.1, -0.05) is 48.5 Å². The summed E-state index contributed by atoms with van der Waals surface area (Å²) >= 11 is 0. The number of hydrogen-bond donors (Lipinski definition) is 2. The van der Waals surface area contributed by atoms with Crippen LogP contribution >= 0.6 is 0 Å². The number of methoxy groups -OCH3 is 1. The van der Waals surface area contributed by atoms with E-state index in [2.05, 4.69) is 15.8 Å². The molecule has 0 aliphatic carbocycles. The SMILES string of the molecule is COc1ccc(N(CC(=O)N/N=C(/C)c2ccc(NC(=O)c3ccccc3)cc2)S(=O)(=O)c2ccccc2)cc1. The van der Waals surface area contributed by atoms with Crippen LogP contribution in [-0.4, -0.2) is 39.6 Å². The minimum Gasteiger partial charge on any atom is -0.497 e. The number of nitrogens with zero attached hydrogens (tertiary/aromatic N) is 2. The fraction of sp³-hybridized carbons (Fsp3) is 0.100. The normalized spacial score (nSPS) is 11.4. The average molecular weight is 557 g/mol. The second-order valence-corrected chi connectivity index (χ2v) is 10.5. The highest BCUT2D eigenvalue weighted by molar-refractivity contribution is 7.92. The third-order valence-corrected chi connectivity index (χ3v) is 7.71. The summed E-state index contributed by atoms with van der Waals surface area (Å²) in [7, 11) is -2.54. The Kier molecular flexibility index (Phi) is 8.93. The molecule has 0 unspecified atom stereocenters. The molecule has 0 atom stereocenters. The zero-order valence-electron chi connectivity index (χ0n) is 21.9. The van der Waals surface area contributed by atoms with Gasteiger partial charge in [-0.15, -0.1) is 0 Å². The van der Waals surface area contributed by atoms with Gasteiger partial charge in [0.15, 0.2) is 0 Å². The molecule has 10 heteroatoms. The third-order valence-electron chi connectivity index (χ3n) is 5.92. The van der Waals surface area contributed by atoms with E-state index >= 15 is 0 Å². The second-order valence-electron chi connectivity index (χ2n) is 8.65. The minimum atomic E-state index is -4.05. The van der Waals surface area contributed by atoms with E-state index in [1.165, 1.54) is 19.2 Å². The Morgan fingerprint density at radius 3 is 2.00 bits per heavy atom. The molecular weight excluding hydrogens is 528 g/mol. The standard InChI is InChI=1S/C30H28N4O5S/c1-22(23-13-15-25(16-14-23)31-30(36)24-9-5-3-6-10-24)32-33-29(35)21-34(26-17-19-27(39-2)20-18-26)40(37,38)28-11-7-4-8-12-28/h3-20H,21H2,1-2H3,(H,31,36)(H,33,35)/b32-22-. The van der Waals surface area contributed by atoms with Gasteiger partial charge in [-0.05, 0) is 73.2 Å². The summed E-state index contributed by atoms with van der Waals surface area (Å²) in [6, 6.07) is 30.1. The Balaban J connectivity index is 1.46. The van der Waals surface area contributed by atoms with Crippen molar-refractivity contribution in [1.29, 1.82) is 0 Å². The van der Waals surface area contributed by atoms with E-state index in [1.54, 1.807) is 97.9 Å². The van der Waals surface area contributed by atoms with Gasteiger partial charge in [0.25, 0.3) is 21.8 Å². The first-order valence-corrected chi connectivity index (χ1v) is 13.7. The monoisotopic (exact) mass is 556 g/mol. The van der Waals surface area contributed by atoms with Crippen molar-refractivity contribution in [2.75, 3.05) is 23.3 Å². The van der Waals surface area contributed by atoms with Crippen molar-refractivity contribution in [1.82, 2.24) is 5.43 Å². The number of anilines is 2. The minimum absolute atomic E-state index is 0.0535. The van der Waals surface area contributed by atoms with E-state index in [1.807, 2.05) is 6.07 Å². The van der Waals surface area contributed by atoms with Crippen molar-refractivity contribution in [3.05, 3.63) is 120 Å². The number of amides is 2. The number of nitrogens with one attached hydrogen (secondary N) is 2. The van der Waals surface area contributed by atoms with Crippen molar-refractivity contribution in [2.45, 2.75) is 11.8 Å². The summed E-state index contributed by atoms with van der Waals surface area (Å²) in [6.45, 7) is 1.21. The molecule has 4 aromatic rings. The Bertz CT molecular complexity index is 1590. The smallest absolute Gasteiger partial charge is 0.264 e. The van der Waals surface area contributed by atoms with Crippen molar-refractivity contribution < 1.29 is 22.7 Å². The quantitative estimate of drug-likeness (QED) is 0.217. The average Bonchev–Trinajstić information content (AvgIpc) is 3.00. The highest BCUT2D eigenvalue weighted by Gasteiger charge is 2.27. The molecule has 0 radical (unpaired) electrons. The van der Waals surface area contributed by atoms with Crippen LogP contribution in [0.1, 0.15) is 22.8 Å². The lowest BCUT2D eigenvalue weighted by molar-refractivity contribution is -0.119. The molecule has 0 aliphatic rings. The number of hydrazone groups is 1. The Morgan fingerprint density at radius 1 is 0.800 bits per heavy atom. The van der Waals surface area contributed by atoms with Crippen molar-refractivity contribution in [3.63, 3.8) is 0 Å². The van der Waals surface area contributed by atoms with E-state index < -0.39 is 22.5 Å². The molecule has 2 N–H and O–H groups in total. The molecule has 204 valence electrons. The van der Waals surface area contributed by atoms with Gasteiger partial charge < -0.3 is 10.1 Å². The molecule has 0 spiro atoms. The molecule has 9 nitrogen and oxygen atoms in total. The van der Waals surface area contributed by atoms with Gasteiger partial charge in [-0.25, -0.2) is 13.8 Å². The maximum Gasteiger partial charge on any atom is 0.264 e. The topological polar surface area (TPSA) is 117 Å². The van der Waals surface area contributed by atoms with Gasteiger partial charge in [-0.2, -0.15) is 5.10 Å². The molecule has 0 fully saturated rings. The van der Waals surface area contributed by atoms with E-state index in [4.69, 9.17) is 4.74 Å². The van der Waals surface area contributed by atoms with Crippen LogP contribution in [0, 0.1) is 0 Å². The summed E-state index contributed by atoms with van der Waals surface area (Å²) in [5.74, 6) is -0.296. The summed E-state index contributed by atoms with van der Waals surface area (Å²) in [5.41, 5.74) is 5.10. The fourth-order valence-electron chi connectivity index (χ4n) is 3.75. The van der Waals surface area contributed by atoms with Gasteiger partial charge in [0.2, 0.25) is 0 Å². The summed E-state index contributed by atoms with van der Waals surface area (Å²) in [4.78, 5) is 25.3. The van der Waals surface area contributed by atoms with Gasteiger partial charge >= 0.3 is 0 Å². The molecule has 0 bridgehead atoms. The third kappa shape index (κ3) is 6.91. The van der Waals surface area contributed by atoms with Crippen molar-refractivity contribution in [3.8, 4) is 5.75 Å². The van der Waals surface area contributed by atoms with Crippen LogP contribution < -0.4 is 19.8 Å². The van der Waals surface area contributed by atoms with E-state index in [9.17, 15) is 18.0 Å². The predicted molar refractivity (Wildman–Crippen MR) is 155 cm³/mol. The summed E-state index contributed by atoms with van der Waals surface area (Å²) < 4.78 is 33.0. The highest BCUT2D eigenvalue weighted by atomic mass is 32.2. The molecule has 40 heavy (non-hydrogen) atoms. The van der Waals surface area contributed by atoms with Crippen LogP contribution in [0.25, 0.3) is 0 Å². The molecule has 0 heterocycles. The maximum absolute atomic E-state index is 13.4. The lowest BCUT2D eigenvalue weighted by Gasteiger charge is -2.24. The Morgan fingerprint density at radius 2 is 1.40 bits per heavy atom. The molecule has 2 amide bonds. The molecular formula is C30H28N4O5S. The first kappa shape index (κ1) is 28.1. The molecule has 0 saturated carbocycles. The number of ether oxygens (including phenoxy) is 1. The van der Waals surface area contributed by atoms with Gasteiger partial charge in [0.1, 0.15) is 12.3 Å². The largest absolute Gasteiger partial charge is 0.497 e. The zero-order chi connectivity index (χ0) is 28.5. The van der Waals surface area contributed by atoms with Crippen molar-refractivity contribution in [2.24, 2.45) is 5.10 Å². The van der Waals surface area contributed by atoms with Crippen LogP contribution in [0.5, 0.6) is 5.75 Å². The van der Waals surface area contributed by atoms with Crippen LogP contribution in [-0.2, 0) is 14.8 Å². The Hall–Kier alpha value is -4.96. The number of hydrogen-bond acceptors (Lipinski definition) is 6. The predicted octanol–water partition coefficient (Wildman–Crippen LogP) is 4.68. The second kappa shape index (κ2) is 12.7. The fourth-order valence-corrected chi connectivity index (χ4v) is 5.19. The van der Waals surface area contributed by atoms with Gasteiger partial charge in [0.05, 0.1) is 23.4 Å². The first-order valence-electron chi connectivity index (χ1n) is 12.3. The number of sulfonamides is 1.